The second-order valence-electron chi connectivity index (χ2n) is 6.58. The van der Waals surface area contributed by atoms with Gasteiger partial charge in [0.05, 0.1) is 17.1 Å². The maximum Gasteiger partial charge on any atom is 0.417 e. The average Bonchev–Trinajstić information content (AvgIpc) is 3.17. The molecule has 0 N–H and O–H groups in total. The summed E-state index contributed by atoms with van der Waals surface area (Å²) in [6, 6.07) is 5.29. The third-order valence-corrected chi connectivity index (χ3v) is 6.19. The third-order valence-electron chi connectivity index (χ3n) is 4.38. The standard InChI is InChI=1S/C18H11Cl2F3N6O2S/c1-9-4-14(30)29-17(28(9)8-10-2-3-13(20)24-6-10)26-16(27-29)32(31)15-12(19)5-11(7-25-15)18(21,22)23/h2-7H,8H2,1H3. The van der Waals surface area contributed by atoms with E-state index in [0.717, 1.165) is 10.1 Å². The van der Waals surface area contributed by atoms with Crippen molar-refractivity contribution in [3.63, 3.8) is 0 Å². The van der Waals surface area contributed by atoms with Crippen LogP contribution in [0.3, 0.4) is 0 Å². The van der Waals surface area contributed by atoms with Crippen molar-refractivity contribution < 1.29 is 17.4 Å². The largest absolute Gasteiger partial charge is 0.417 e. The van der Waals surface area contributed by atoms with E-state index in [1.807, 2.05) is 0 Å². The predicted octanol–water partition coefficient (Wildman–Crippen LogP) is 3.53. The van der Waals surface area contributed by atoms with Crippen LogP contribution in [0.25, 0.3) is 5.78 Å². The number of hydrogen-bond acceptors (Lipinski definition) is 6. The minimum absolute atomic E-state index is 0.0799. The zero-order valence-electron chi connectivity index (χ0n) is 16.0. The lowest BCUT2D eigenvalue weighted by Crippen LogP contribution is -2.20. The molecule has 0 aromatic carbocycles. The summed E-state index contributed by atoms with van der Waals surface area (Å²) in [6.07, 6.45) is -2.58. The molecule has 0 aliphatic rings. The van der Waals surface area contributed by atoms with Crippen molar-refractivity contribution in [3.05, 3.63) is 74.0 Å². The Bertz CT molecular complexity index is 1420. The molecule has 0 saturated carbocycles. The molecule has 4 aromatic heterocycles. The molecule has 14 heteroatoms. The Labute approximate surface area is 190 Å². The van der Waals surface area contributed by atoms with Gasteiger partial charge in [-0.2, -0.15) is 22.7 Å². The Kier molecular flexibility index (Phi) is 5.77. The van der Waals surface area contributed by atoms with E-state index in [1.54, 1.807) is 29.8 Å². The second kappa shape index (κ2) is 8.26. The first-order chi connectivity index (χ1) is 15.0. The number of rotatable bonds is 4. The molecule has 0 radical (unpaired) electrons. The SMILES string of the molecule is Cc1cc(=O)n2nc(S(=O)c3ncc(C(F)(F)F)cc3Cl)nc2n1Cc1ccc(Cl)nc1. The summed E-state index contributed by atoms with van der Waals surface area (Å²) in [5, 5.41) is 3.14. The zero-order chi connectivity index (χ0) is 23.2. The van der Waals surface area contributed by atoms with Gasteiger partial charge in [-0.15, -0.1) is 5.10 Å². The van der Waals surface area contributed by atoms with Gasteiger partial charge in [0, 0.05) is 24.2 Å². The highest BCUT2D eigenvalue weighted by Crippen LogP contribution is 2.32. The molecule has 32 heavy (non-hydrogen) atoms. The predicted molar refractivity (Wildman–Crippen MR) is 109 cm³/mol. The molecule has 0 bridgehead atoms. The Hall–Kier alpha value is -2.83. The molecule has 4 heterocycles. The van der Waals surface area contributed by atoms with Gasteiger partial charge in [0.25, 0.3) is 5.56 Å². The molecule has 166 valence electrons. The van der Waals surface area contributed by atoms with Crippen LogP contribution in [-0.4, -0.2) is 33.3 Å². The molecule has 0 aliphatic carbocycles. The highest BCUT2D eigenvalue weighted by atomic mass is 35.5. The fourth-order valence-electron chi connectivity index (χ4n) is 2.84. The summed E-state index contributed by atoms with van der Waals surface area (Å²) in [4.78, 5) is 24.2. The van der Waals surface area contributed by atoms with Crippen molar-refractivity contribution in [1.82, 2.24) is 29.1 Å². The maximum absolute atomic E-state index is 12.9. The van der Waals surface area contributed by atoms with Gasteiger partial charge in [-0.3, -0.25) is 4.79 Å². The van der Waals surface area contributed by atoms with E-state index in [2.05, 4.69) is 20.1 Å². The molecular formula is C18H11Cl2F3N6O2S. The molecule has 4 aromatic rings. The number of alkyl halides is 3. The summed E-state index contributed by atoms with van der Waals surface area (Å²) in [6.45, 7) is 1.94. The summed E-state index contributed by atoms with van der Waals surface area (Å²) in [5.41, 5.74) is -0.308. The minimum atomic E-state index is -4.66. The normalized spacial score (nSPS) is 12.9. The summed E-state index contributed by atoms with van der Waals surface area (Å²) in [5.74, 6) is 0.0799. The fraction of sp³-hybridized carbons (Fsp3) is 0.167. The Balaban J connectivity index is 1.78. The van der Waals surface area contributed by atoms with Crippen molar-refractivity contribution in [2.24, 2.45) is 0 Å². The number of nitrogens with zero attached hydrogens (tertiary/aromatic N) is 6. The molecule has 0 aliphatic heterocycles. The van der Waals surface area contributed by atoms with E-state index >= 15 is 0 Å². The van der Waals surface area contributed by atoms with E-state index < -0.39 is 33.1 Å². The van der Waals surface area contributed by atoms with Crippen LogP contribution >= 0.6 is 23.2 Å². The molecule has 1 atom stereocenters. The number of halogens is 5. The lowest BCUT2D eigenvalue weighted by Gasteiger charge is -2.11. The summed E-state index contributed by atoms with van der Waals surface area (Å²) < 4.78 is 54.0. The van der Waals surface area contributed by atoms with Crippen LogP contribution in [0.2, 0.25) is 10.2 Å². The molecule has 4 rings (SSSR count). The van der Waals surface area contributed by atoms with Crippen LogP contribution in [0.4, 0.5) is 13.2 Å². The fourth-order valence-corrected chi connectivity index (χ4v) is 4.21. The molecule has 0 saturated heterocycles. The van der Waals surface area contributed by atoms with Crippen LogP contribution in [0, 0.1) is 6.92 Å². The number of fused-ring (bicyclic) bond motifs is 1. The average molecular weight is 503 g/mol. The first kappa shape index (κ1) is 22.4. The van der Waals surface area contributed by atoms with Gasteiger partial charge in [-0.05, 0) is 24.6 Å². The second-order valence-corrected chi connectivity index (χ2v) is 8.67. The van der Waals surface area contributed by atoms with Gasteiger partial charge in [-0.1, -0.05) is 29.3 Å². The van der Waals surface area contributed by atoms with Crippen molar-refractivity contribution in [2.75, 3.05) is 0 Å². The summed E-state index contributed by atoms with van der Waals surface area (Å²) in [7, 11) is -2.23. The first-order valence-corrected chi connectivity index (χ1v) is 10.7. The number of pyridine rings is 2. The first-order valence-electron chi connectivity index (χ1n) is 8.77. The number of aryl methyl sites for hydroxylation is 1. The smallest absolute Gasteiger partial charge is 0.310 e. The van der Waals surface area contributed by atoms with Crippen molar-refractivity contribution in [1.29, 1.82) is 0 Å². The van der Waals surface area contributed by atoms with Crippen molar-refractivity contribution >= 4 is 39.8 Å². The van der Waals surface area contributed by atoms with E-state index in [-0.39, 0.29) is 22.5 Å². The van der Waals surface area contributed by atoms with E-state index in [0.29, 0.717) is 23.1 Å². The molecule has 1 unspecified atom stereocenters. The molecular weight excluding hydrogens is 492 g/mol. The zero-order valence-corrected chi connectivity index (χ0v) is 18.3. The van der Waals surface area contributed by atoms with Gasteiger partial charge < -0.3 is 4.57 Å². The summed E-state index contributed by atoms with van der Waals surface area (Å²) >= 11 is 11.7. The van der Waals surface area contributed by atoms with Crippen molar-refractivity contribution in [2.45, 2.75) is 29.8 Å². The van der Waals surface area contributed by atoms with E-state index in [4.69, 9.17) is 23.2 Å². The third kappa shape index (κ3) is 4.25. The highest BCUT2D eigenvalue weighted by Gasteiger charge is 2.32. The number of hydrogen-bond donors (Lipinski definition) is 0. The van der Waals surface area contributed by atoms with Crippen LogP contribution in [0.5, 0.6) is 0 Å². The Morgan fingerprint density at radius 3 is 2.50 bits per heavy atom. The number of aromatic nitrogens is 6. The molecule has 0 fully saturated rings. The Morgan fingerprint density at radius 1 is 1.12 bits per heavy atom. The van der Waals surface area contributed by atoms with E-state index in [1.165, 1.54) is 6.07 Å². The monoisotopic (exact) mass is 502 g/mol. The molecule has 0 amide bonds. The van der Waals surface area contributed by atoms with Crippen LogP contribution in [0.1, 0.15) is 16.8 Å². The quantitative estimate of drug-likeness (QED) is 0.396. The lowest BCUT2D eigenvalue weighted by atomic mass is 10.3. The van der Waals surface area contributed by atoms with Gasteiger partial charge in [0.1, 0.15) is 16.0 Å². The molecule has 8 nitrogen and oxygen atoms in total. The van der Waals surface area contributed by atoms with Gasteiger partial charge in [0.2, 0.25) is 10.9 Å². The van der Waals surface area contributed by atoms with Gasteiger partial charge in [0.15, 0.2) is 5.03 Å². The topological polar surface area (TPSA) is 95.0 Å². The Morgan fingerprint density at radius 2 is 1.88 bits per heavy atom. The van der Waals surface area contributed by atoms with Crippen molar-refractivity contribution in [3.8, 4) is 0 Å². The van der Waals surface area contributed by atoms with Crippen LogP contribution in [-0.2, 0) is 23.5 Å². The van der Waals surface area contributed by atoms with Gasteiger partial charge >= 0.3 is 6.18 Å². The highest BCUT2D eigenvalue weighted by molar-refractivity contribution is 7.84. The minimum Gasteiger partial charge on any atom is -0.310 e. The molecule has 0 spiro atoms. The van der Waals surface area contributed by atoms with Crippen LogP contribution in [0.15, 0.2) is 51.6 Å². The maximum atomic E-state index is 12.9. The van der Waals surface area contributed by atoms with Gasteiger partial charge in [-0.25, -0.2) is 14.2 Å². The lowest BCUT2D eigenvalue weighted by molar-refractivity contribution is -0.137. The van der Waals surface area contributed by atoms with Crippen LogP contribution < -0.4 is 5.56 Å². The van der Waals surface area contributed by atoms with E-state index in [9.17, 15) is 22.2 Å².